The fourth-order valence-corrected chi connectivity index (χ4v) is 3.78. The number of nitrogens with zero attached hydrogens (tertiary/aromatic N) is 3. The standard InChI is InChI=1S/C20H16BrN3O5/c21-13-4-6-15(7-5-13)23-18(25)11-17(20(23)27)22(14-8-9-14)19(26)12-2-1-3-16(10-12)24(28)29/h1-7,10,14,17H,8-9,11H2. The Morgan fingerprint density at radius 2 is 1.83 bits per heavy atom. The van der Waals surface area contributed by atoms with Gasteiger partial charge in [0.15, 0.2) is 0 Å². The highest BCUT2D eigenvalue weighted by Crippen LogP contribution is 2.35. The van der Waals surface area contributed by atoms with Gasteiger partial charge in [-0.3, -0.25) is 24.5 Å². The van der Waals surface area contributed by atoms with Crippen molar-refractivity contribution in [3.8, 4) is 0 Å². The summed E-state index contributed by atoms with van der Waals surface area (Å²) in [5.74, 6) is -1.30. The van der Waals surface area contributed by atoms with E-state index < -0.39 is 22.8 Å². The minimum absolute atomic E-state index is 0.105. The lowest BCUT2D eigenvalue weighted by Gasteiger charge is -2.27. The molecule has 0 spiro atoms. The first-order valence-corrected chi connectivity index (χ1v) is 9.85. The van der Waals surface area contributed by atoms with Crippen LogP contribution in [0.2, 0.25) is 0 Å². The summed E-state index contributed by atoms with van der Waals surface area (Å²) < 4.78 is 0.817. The van der Waals surface area contributed by atoms with Crippen molar-refractivity contribution in [3.05, 3.63) is 68.7 Å². The number of anilines is 1. The molecule has 1 saturated heterocycles. The second-order valence-electron chi connectivity index (χ2n) is 7.01. The number of benzene rings is 2. The summed E-state index contributed by atoms with van der Waals surface area (Å²) in [6.45, 7) is 0. The molecule has 1 saturated carbocycles. The fourth-order valence-electron chi connectivity index (χ4n) is 3.51. The molecule has 0 N–H and O–H groups in total. The minimum atomic E-state index is -0.912. The quantitative estimate of drug-likeness (QED) is 0.389. The van der Waals surface area contributed by atoms with Gasteiger partial charge in [0.2, 0.25) is 5.91 Å². The van der Waals surface area contributed by atoms with Crippen molar-refractivity contribution in [2.24, 2.45) is 0 Å². The lowest BCUT2D eigenvalue weighted by Crippen LogP contribution is -2.46. The number of halogens is 1. The molecule has 9 heteroatoms. The average Bonchev–Trinajstić information content (AvgIpc) is 3.49. The van der Waals surface area contributed by atoms with Crippen molar-refractivity contribution in [3.63, 3.8) is 0 Å². The number of non-ortho nitro benzene ring substituents is 1. The third kappa shape index (κ3) is 3.65. The summed E-state index contributed by atoms with van der Waals surface area (Å²) in [6.07, 6.45) is 1.36. The third-order valence-electron chi connectivity index (χ3n) is 5.02. The molecule has 1 aliphatic heterocycles. The van der Waals surface area contributed by atoms with Crippen molar-refractivity contribution in [2.75, 3.05) is 4.90 Å². The maximum Gasteiger partial charge on any atom is 0.270 e. The molecule has 148 valence electrons. The van der Waals surface area contributed by atoms with E-state index >= 15 is 0 Å². The first kappa shape index (κ1) is 19.3. The van der Waals surface area contributed by atoms with E-state index in [0.29, 0.717) is 5.69 Å². The van der Waals surface area contributed by atoms with E-state index in [1.165, 1.54) is 29.2 Å². The van der Waals surface area contributed by atoms with Crippen molar-refractivity contribution in [1.82, 2.24) is 4.90 Å². The number of hydrogen-bond donors (Lipinski definition) is 0. The van der Waals surface area contributed by atoms with Crippen LogP contribution in [0, 0.1) is 10.1 Å². The van der Waals surface area contributed by atoms with Crippen molar-refractivity contribution in [1.29, 1.82) is 0 Å². The SMILES string of the molecule is O=C1CC(N(C(=O)c2cccc([N+](=O)[O-])c2)C2CC2)C(=O)N1c1ccc(Br)cc1. The van der Waals surface area contributed by atoms with Gasteiger partial charge in [-0.05, 0) is 43.2 Å². The smallest absolute Gasteiger partial charge is 0.270 e. The van der Waals surface area contributed by atoms with Crippen molar-refractivity contribution >= 4 is 45.0 Å². The van der Waals surface area contributed by atoms with Crippen LogP contribution in [0.25, 0.3) is 0 Å². The Morgan fingerprint density at radius 1 is 1.14 bits per heavy atom. The molecule has 3 amide bonds. The molecule has 2 aromatic carbocycles. The monoisotopic (exact) mass is 457 g/mol. The Kier molecular flexibility index (Phi) is 4.91. The molecule has 29 heavy (non-hydrogen) atoms. The predicted octanol–water partition coefficient (Wildman–Crippen LogP) is 3.29. The Balaban J connectivity index is 1.64. The van der Waals surface area contributed by atoms with E-state index in [2.05, 4.69) is 15.9 Å². The van der Waals surface area contributed by atoms with Gasteiger partial charge in [0.05, 0.1) is 17.0 Å². The third-order valence-corrected chi connectivity index (χ3v) is 5.55. The van der Waals surface area contributed by atoms with Crippen LogP contribution in [0.4, 0.5) is 11.4 Å². The summed E-state index contributed by atoms with van der Waals surface area (Å²) in [7, 11) is 0. The van der Waals surface area contributed by atoms with Crippen molar-refractivity contribution < 1.29 is 19.3 Å². The molecule has 1 aliphatic carbocycles. The summed E-state index contributed by atoms with van der Waals surface area (Å²) in [5, 5.41) is 11.0. The number of carbonyl (C=O) groups is 3. The van der Waals surface area contributed by atoms with Crippen LogP contribution in [-0.4, -0.2) is 39.6 Å². The Hall–Kier alpha value is -3.07. The highest BCUT2D eigenvalue weighted by Gasteiger charge is 2.49. The molecule has 2 aromatic rings. The van der Waals surface area contributed by atoms with Gasteiger partial charge in [0.1, 0.15) is 6.04 Å². The van der Waals surface area contributed by atoms with Crippen LogP contribution in [0.15, 0.2) is 53.0 Å². The lowest BCUT2D eigenvalue weighted by atomic mass is 10.1. The van der Waals surface area contributed by atoms with Crippen molar-refractivity contribution in [2.45, 2.75) is 31.3 Å². The van der Waals surface area contributed by atoms with Crippen LogP contribution in [-0.2, 0) is 9.59 Å². The van der Waals surface area contributed by atoms with Crippen LogP contribution in [0.5, 0.6) is 0 Å². The zero-order valence-electron chi connectivity index (χ0n) is 15.2. The second-order valence-corrected chi connectivity index (χ2v) is 7.93. The van der Waals surface area contributed by atoms with Gasteiger partial charge < -0.3 is 4.90 Å². The average molecular weight is 458 g/mol. The first-order chi connectivity index (χ1) is 13.9. The Bertz CT molecular complexity index is 1020. The van der Waals surface area contributed by atoms with Crippen LogP contribution < -0.4 is 4.90 Å². The van der Waals surface area contributed by atoms with Crippen LogP contribution in [0.3, 0.4) is 0 Å². The number of nitro benzene ring substituents is 1. The molecule has 8 nitrogen and oxygen atoms in total. The van der Waals surface area contributed by atoms with Gasteiger partial charge in [0, 0.05) is 28.2 Å². The van der Waals surface area contributed by atoms with E-state index in [-0.39, 0.29) is 29.6 Å². The molecule has 2 aliphatic rings. The second kappa shape index (κ2) is 7.40. The van der Waals surface area contributed by atoms with Gasteiger partial charge in [-0.2, -0.15) is 0 Å². The molecule has 0 aromatic heterocycles. The molecule has 0 bridgehead atoms. The molecular weight excluding hydrogens is 442 g/mol. The number of nitro groups is 1. The number of carbonyl (C=O) groups excluding carboxylic acids is 3. The maximum atomic E-state index is 13.1. The zero-order valence-corrected chi connectivity index (χ0v) is 16.7. The van der Waals surface area contributed by atoms with Gasteiger partial charge in [0.25, 0.3) is 17.5 Å². The topological polar surface area (TPSA) is 101 Å². The van der Waals surface area contributed by atoms with Crippen LogP contribution in [0.1, 0.15) is 29.6 Å². The van der Waals surface area contributed by atoms with E-state index in [1.807, 2.05) is 0 Å². The maximum absolute atomic E-state index is 13.1. The van der Waals surface area contributed by atoms with Gasteiger partial charge in [-0.25, -0.2) is 4.90 Å². The summed E-state index contributed by atoms with van der Waals surface area (Å²) in [4.78, 5) is 51.8. The number of imide groups is 1. The largest absolute Gasteiger partial charge is 0.323 e. The Morgan fingerprint density at radius 3 is 2.45 bits per heavy atom. The van der Waals surface area contributed by atoms with E-state index in [1.54, 1.807) is 24.3 Å². The minimum Gasteiger partial charge on any atom is -0.323 e. The summed E-state index contributed by atoms with van der Waals surface area (Å²) in [5.41, 5.74) is 0.384. The molecule has 1 atom stereocenters. The Labute approximate surface area is 174 Å². The molecular formula is C20H16BrN3O5. The van der Waals surface area contributed by atoms with Gasteiger partial charge in [-0.1, -0.05) is 22.0 Å². The molecule has 1 unspecified atom stereocenters. The summed E-state index contributed by atoms with van der Waals surface area (Å²) in [6, 6.07) is 11.2. The molecule has 1 heterocycles. The highest BCUT2D eigenvalue weighted by atomic mass is 79.9. The lowest BCUT2D eigenvalue weighted by molar-refractivity contribution is -0.384. The highest BCUT2D eigenvalue weighted by molar-refractivity contribution is 9.10. The number of amides is 3. The van der Waals surface area contributed by atoms with Gasteiger partial charge >= 0.3 is 0 Å². The van der Waals surface area contributed by atoms with E-state index in [9.17, 15) is 24.5 Å². The van der Waals surface area contributed by atoms with Gasteiger partial charge in [-0.15, -0.1) is 0 Å². The number of hydrogen-bond acceptors (Lipinski definition) is 5. The fraction of sp³-hybridized carbons (Fsp3) is 0.250. The number of rotatable bonds is 5. The van der Waals surface area contributed by atoms with E-state index in [0.717, 1.165) is 22.2 Å². The molecule has 0 radical (unpaired) electrons. The normalized spacial score (nSPS) is 18.8. The first-order valence-electron chi connectivity index (χ1n) is 9.06. The zero-order chi connectivity index (χ0) is 20.7. The predicted molar refractivity (Wildman–Crippen MR) is 107 cm³/mol. The van der Waals surface area contributed by atoms with E-state index in [4.69, 9.17) is 0 Å². The molecule has 4 rings (SSSR count). The molecule has 2 fully saturated rings. The van der Waals surface area contributed by atoms with Crippen LogP contribution >= 0.6 is 15.9 Å². The summed E-state index contributed by atoms with van der Waals surface area (Å²) >= 11 is 3.32.